The molecule has 1 aliphatic heterocycles. The molecule has 3 nitrogen and oxygen atoms in total. The fourth-order valence-corrected chi connectivity index (χ4v) is 3.19. The highest BCUT2D eigenvalue weighted by atomic mass is 32.7. The summed E-state index contributed by atoms with van der Waals surface area (Å²) in [7, 11) is 0. The van der Waals surface area contributed by atoms with Crippen molar-refractivity contribution in [1.82, 2.24) is 5.09 Å². The van der Waals surface area contributed by atoms with Gasteiger partial charge in [-0.25, -0.2) is 5.09 Å². The molecule has 42 valence electrons. The van der Waals surface area contributed by atoms with Crippen molar-refractivity contribution in [3.05, 3.63) is 0 Å². The molecule has 1 saturated heterocycles. The Morgan fingerprint density at radius 1 is 1.86 bits per heavy atom. The Kier molecular flexibility index (Phi) is 1.44. The molecule has 0 bridgehead atoms. The van der Waals surface area contributed by atoms with Crippen LogP contribution in [0.2, 0.25) is 0 Å². The maximum atomic E-state index is 10.6. The van der Waals surface area contributed by atoms with Crippen molar-refractivity contribution < 1.29 is 4.57 Å². The Morgan fingerprint density at radius 3 is 2.71 bits per heavy atom. The summed E-state index contributed by atoms with van der Waals surface area (Å²) in [5.74, 6) is 0.883. The maximum Gasteiger partial charge on any atom is 0.263 e. The van der Waals surface area contributed by atoms with Crippen LogP contribution in [0.4, 0.5) is 0 Å². The van der Waals surface area contributed by atoms with E-state index in [9.17, 15) is 4.57 Å². The number of nitrogens with two attached hydrogens (primary N) is 1. The van der Waals surface area contributed by atoms with Crippen LogP contribution in [-0.2, 0) is 4.57 Å². The van der Waals surface area contributed by atoms with Crippen LogP contribution in [0.5, 0.6) is 0 Å². The predicted molar refractivity (Wildman–Crippen MR) is 32.3 cm³/mol. The van der Waals surface area contributed by atoms with E-state index in [1.165, 1.54) is 11.4 Å². The van der Waals surface area contributed by atoms with E-state index in [1.807, 2.05) is 0 Å². The molecule has 1 aliphatic rings. The van der Waals surface area contributed by atoms with Crippen molar-refractivity contribution in [2.24, 2.45) is 5.50 Å². The van der Waals surface area contributed by atoms with Gasteiger partial charge in [-0.1, -0.05) is 11.4 Å². The van der Waals surface area contributed by atoms with Gasteiger partial charge < -0.3 is 0 Å². The molecule has 7 heavy (non-hydrogen) atoms. The highest BCUT2D eigenvalue weighted by molar-refractivity contribution is 8.57. The first-order valence-corrected chi connectivity index (χ1v) is 5.36. The second-order valence-corrected chi connectivity index (χ2v) is 5.92. The van der Waals surface area contributed by atoms with Crippen LogP contribution in [-0.4, -0.2) is 12.3 Å². The zero-order valence-electron chi connectivity index (χ0n) is 3.76. The molecule has 0 aromatic heterocycles. The second kappa shape index (κ2) is 1.78. The Balaban J connectivity index is 2.57. The van der Waals surface area contributed by atoms with Gasteiger partial charge in [-0.2, -0.15) is 0 Å². The molecule has 1 rings (SSSR count). The Labute approximate surface area is 46.3 Å². The molecule has 0 aromatic carbocycles. The van der Waals surface area contributed by atoms with Crippen LogP contribution in [0, 0.1) is 0 Å². The summed E-state index contributed by atoms with van der Waals surface area (Å²) >= 11 is 1.32. The summed E-state index contributed by atoms with van der Waals surface area (Å²) in [4.78, 5) is 0. The number of hydrogen-bond donors (Lipinski definition) is 2. The smallest absolute Gasteiger partial charge is 0.263 e. The van der Waals surface area contributed by atoms with Gasteiger partial charge in [-0.05, 0) is 0 Å². The molecular formula is C2H7N2OPS. The lowest BCUT2D eigenvalue weighted by molar-refractivity contribution is 0.580. The average Bonchev–Trinajstić information content (AvgIpc) is 1.84. The average molecular weight is 138 g/mol. The third-order valence-corrected chi connectivity index (χ3v) is 4.24. The number of hydrogen-bond acceptors (Lipinski definition) is 2. The summed E-state index contributed by atoms with van der Waals surface area (Å²) in [6.45, 7) is -1.59. The van der Waals surface area contributed by atoms with E-state index in [0.717, 1.165) is 12.3 Å². The van der Waals surface area contributed by atoms with Gasteiger partial charge in [-0.15, -0.1) is 0 Å². The van der Waals surface area contributed by atoms with E-state index in [2.05, 4.69) is 5.09 Å². The highest BCUT2D eigenvalue weighted by Gasteiger charge is 2.20. The molecule has 1 fully saturated rings. The van der Waals surface area contributed by atoms with Crippen LogP contribution in [0.15, 0.2) is 0 Å². The molecule has 0 aliphatic carbocycles. The van der Waals surface area contributed by atoms with Crippen molar-refractivity contribution in [1.29, 1.82) is 0 Å². The first kappa shape index (κ1) is 5.63. The lowest BCUT2D eigenvalue weighted by atomic mass is 10.8. The van der Waals surface area contributed by atoms with Gasteiger partial charge in [0.05, 0.1) is 0 Å². The van der Waals surface area contributed by atoms with Gasteiger partial charge in [0, 0.05) is 12.3 Å². The van der Waals surface area contributed by atoms with Gasteiger partial charge in [0.15, 0.2) is 0 Å². The van der Waals surface area contributed by atoms with E-state index in [1.54, 1.807) is 0 Å². The Hall–Kier alpha value is 0.500. The van der Waals surface area contributed by atoms with Crippen molar-refractivity contribution in [3.8, 4) is 0 Å². The van der Waals surface area contributed by atoms with Gasteiger partial charge in [0.25, 0.3) is 6.65 Å². The standard InChI is InChI=1S/C2H7N2OPS/c3-6(5)4-1-2-7-6/h1-2H2,(H3,3,4,5). The van der Waals surface area contributed by atoms with Crippen molar-refractivity contribution in [3.63, 3.8) is 0 Å². The molecule has 3 N–H and O–H groups in total. The zero-order valence-corrected chi connectivity index (χ0v) is 5.47. The molecule has 1 atom stereocenters. The summed E-state index contributed by atoms with van der Waals surface area (Å²) in [5.41, 5.74) is 5.19. The zero-order chi connectivity index (χ0) is 5.33. The first-order chi connectivity index (χ1) is 3.21. The van der Waals surface area contributed by atoms with E-state index in [-0.39, 0.29) is 0 Å². The summed E-state index contributed by atoms with van der Waals surface area (Å²) in [6, 6.07) is 0. The Morgan fingerprint density at radius 2 is 2.57 bits per heavy atom. The maximum absolute atomic E-state index is 10.6. The third kappa shape index (κ3) is 1.46. The van der Waals surface area contributed by atoms with E-state index >= 15 is 0 Å². The minimum atomic E-state index is -2.38. The molecular weight excluding hydrogens is 131 g/mol. The fourth-order valence-electron chi connectivity index (χ4n) is 0.428. The highest BCUT2D eigenvalue weighted by Crippen LogP contribution is 2.50. The number of rotatable bonds is 0. The lowest BCUT2D eigenvalue weighted by Crippen LogP contribution is -2.07. The molecule has 1 unspecified atom stereocenters. The predicted octanol–water partition coefficient (Wildman–Crippen LogP) is 0.390. The molecule has 1 heterocycles. The van der Waals surface area contributed by atoms with Gasteiger partial charge in [0.2, 0.25) is 0 Å². The molecule has 0 amide bonds. The van der Waals surface area contributed by atoms with Crippen LogP contribution >= 0.6 is 18.0 Å². The fraction of sp³-hybridized carbons (Fsp3) is 1.00. The van der Waals surface area contributed by atoms with Crippen molar-refractivity contribution in [2.45, 2.75) is 0 Å². The molecule has 0 spiro atoms. The van der Waals surface area contributed by atoms with Gasteiger partial charge >= 0.3 is 0 Å². The minimum absolute atomic E-state index is 0.790. The number of nitrogens with one attached hydrogen (secondary N) is 1. The molecule has 0 saturated carbocycles. The van der Waals surface area contributed by atoms with E-state index < -0.39 is 6.65 Å². The first-order valence-electron chi connectivity index (χ1n) is 1.99. The summed E-state index contributed by atoms with van der Waals surface area (Å²) in [6.07, 6.45) is 0. The summed E-state index contributed by atoms with van der Waals surface area (Å²) < 4.78 is 10.6. The minimum Gasteiger partial charge on any atom is -0.277 e. The molecule has 5 heteroatoms. The van der Waals surface area contributed by atoms with Gasteiger partial charge in [0.1, 0.15) is 0 Å². The second-order valence-electron chi connectivity index (χ2n) is 1.34. The molecule has 0 radical (unpaired) electrons. The van der Waals surface area contributed by atoms with Crippen LogP contribution < -0.4 is 10.6 Å². The third-order valence-electron chi connectivity index (χ3n) is 0.717. The summed E-state index contributed by atoms with van der Waals surface area (Å²) in [5, 5.41) is 2.69. The largest absolute Gasteiger partial charge is 0.277 e. The van der Waals surface area contributed by atoms with Crippen molar-refractivity contribution >= 4 is 18.0 Å². The van der Waals surface area contributed by atoms with Crippen LogP contribution in [0.1, 0.15) is 0 Å². The normalized spacial score (nSPS) is 41.9. The quantitative estimate of drug-likeness (QED) is 0.475. The lowest BCUT2D eigenvalue weighted by Gasteiger charge is -1.97. The van der Waals surface area contributed by atoms with Gasteiger partial charge in [-0.3, -0.25) is 10.1 Å². The van der Waals surface area contributed by atoms with E-state index in [0.29, 0.717) is 0 Å². The van der Waals surface area contributed by atoms with Crippen molar-refractivity contribution in [2.75, 3.05) is 12.3 Å². The van der Waals surface area contributed by atoms with E-state index in [4.69, 9.17) is 5.50 Å². The topological polar surface area (TPSA) is 55.1 Å². The van der Waals surface area contributed by atoms with Crippen LogP contribution in [0.3, 0.4) is 0 Å². The SMILES string of the molecule is NP1(=O)NCCS1. The van der Waals surface area contributed by atoms with Crippen LogP contribution in [0.25, 0.3) is 0 Å². The monoisotopic (exact) mass is 138 g/mol. The Bertz CT molecular complexity index is 106. The molecule has 0 aromatic rings.